The molecular weight excluding hydrogens is 981 g/mol. The van der Waals surface area contributed by atoms with Crippen molar-refractivity contribution in [2.45, 2.75) is 120 Å². The second-order valence-corrected chi connectivity index (χ2v) is 24.4. The molecule has 400 valence electrons. The summed E-state index contributed by atoms with van der Waals surface area (Å²) in [6.07, 6.45) is 12.6. The highest BCUT2D eigenvalue weighted by Crippen LogP contribution is 2.53. The normalized spacial score (nSPS) is 22.2. The number of carbonyl (C=O) groups excluding carboxylic acids is 1. The van der Waals surface area contributed by atoms with E-state index in [2.05, 4.69) is 91.0 Å². The van der Waals surface area contributed by atoms with Crippen LogP contribution in [0.15, 0.2) is 108 Å². The first kappa shape index (κ1) is 51.6. The van der Waals surface area contributed by atoms with Crippen molar-refractivity contribution in [3.05, 3.63) is 141 Å². The fourth-order valence-electron chi connectivity index (χ4n) is 12.8. The van der Waals surface area contributed by atoms with Crippen LogP contribution in [-0.4, -0.2) is 102 Å². The molecule has 5 aliphatic rings. The Morgan fingerprint density at radius 1 is 0.974 bits per heavy atom. The average molecular weight is 1050 g/mol. The summed E-state index contributed by atoms with van der Waals surface area (Å²) >= 11 is 0. The predicted octanol–water partition coefficient (Wildman–Crippen LogP) is 10.5. The number of nitrogens with one attached hydrogen (secondary N) is 3. The van der Waals surface area contributed by atoms with Gasteiger partial charge in [0.05, 0.1) is 33.8 Å². The van der Waals surface area contributed by atoms with Crippen molar-refractivity contribution >= 4 is 44.0 Å². The van der Waals surface area contributed by atoms with Crippen molar-refractivity contribution in [3.63, 3.8) is 0 Å². The molecule has 17 heteroatoms. The number of aryl methyl sites for hydroxylation is 1. The van der Waals surface area contributed by atoms with Gasteiger partial charge in [-0.2, -0.15) is 0 Å². The number of rotatable bonds is 15. The minimum absolute atomic E-state index is 0.0267. The number of fused-ring (bicyclic) bond motifs is 2. The quantitative estimate of drug-likeness (QED) is 0.0561. The highest BCUT2D eigenvalue weighted by Gasteiger charge is 2.50. The third kappa shape index (κ3) is 10.9. The number of nitro benzene ring substituents is 1. The van der Waals surface area contributed by atoms with Crippen LogP contribution in [0.25, 0.3) is 11.0 Å². The minimum Gasteiger partial charge on any atom is -0.493 e. The van der Waals surface area contributed by atoms with Gasteiger partial charge in [-0.1, -0.05) is 56.3 Å². The Morgan fingerprint density at radius 3 is 2.57 bits per heavy atom. The molecule has 76 heavy (non-hydrogen) atoms. The number of nitrogens with zero attached hydrogens (tertiary/aromatic N) is 5. The molecule has 2 saturated carbocycles. The summed E-state index contributed by atoms with van der Waals surface area (Å²) in [5.41, 5.74) is 6.23. The van der Waals surface area contributed by atoms with Crippen LogP contribution in [0.2, 0.25) is 0 Å². The summed E-state index contributed by atoms with van der Waals surface area (Å²) in [4.78, 5) is 40.7. The van der Waals surface area contributed by atoms with Crippen molar-refractivity contribution in [1.29, 1.82) is 0 Å². The van der Waals surface area contributed by atoms with Crippen molar-refractivity contribution in [2.75, 3.05) is 56.1 Å². The number of ether oxygens (including phenoxy) is 2. The first-order chi connectivity index (χ1) is 36.6. The Hall–Kier alpha value is -6.53. The number of nitro groups is 1. The Kier molecular flexibility index (Phi) is 14.3. The zero-order chi connectivity index (χ0) is 52.8. The SMILES string of the molecule is CC(C)c1ccccc1C1CN(Cc2cccc3c2OCCC3)CCN1C1CC2(CCN(c3ccc(C(=O)NS(=O)(=O)c4ccc(NCC5CCC(C)(O)CC5)c([N+](=O)[O-])c4)c(Oc4cnc5[nH]ccc5c4)c3)CC2)C1. The number of aromatic nitrogens is 2. The summed E-state index contributed by atoms with van der Waals surface area (Å²) in [6, 6.07) is 28.9. The van der Waals surface area contributed by atoms with Crippen molar-refractivity contribution in [3.8, 4) is 17.2 Å². The lowest BCUT2D eigenvalue weighted by Crippen LogP contribution is -2.60. The van der Waals surface area contributed by atoms with E-state index in [1.54, 1.807) is 30.6 Å². The standard InChI is InChI=1S/C59H70N8O8S/c1-39(2)48-11-4-5-12-49(48)53-38-64(37-43-9-6-8-41-10-7-29-74-55(41)43)27-28-66(53)45-33-59(34-45)22-25-65(26-23-59)44-13-15-50(54(31-44)75-46-30-42-19-24-60-56(42)62-36-46)57(68)63-76(72,73)47-14-16-51(52(32-47)67(70)71)61-35-40-17-20-58(3,69)21-18-40/h4-6,8-9,11-16,19,24,30-32,36,39-40,45,53,61,69H,7,10,17-18,20-23,25-29,33-35,37-38H2,1-3H3,(H,60,62)(H,63,68). The molecule has 16 nitrogen and oxygen atoms in total. The van der Waals surface area contributed by atoms with Gasteiger partial charge >= 0.3 is 0 Å². The average Bonchev–Trinajstić information content (AvgIpc) is 3.92. The van der Waals surface area contributed by atoms with Crippen LogP contribution in [0.1, 0.15) is 123 Å². The van der Waals surface area contributed by atoms with E-state index in [4.69, 9.17) is 9.47 Å². The molecule has 4 fully saturated rings. The second kappa shape index (κ2) is 21.1. The van der Waals surface area contributed by atoms with Gasteiger partial charge in [0.15, 0.2) is 0 Å². The first-order valence-corrected chi connectivity index (χ1v) is 28.7. The third-order valence-corrected chi connectivity index (χ3v) is 18.5. The van der Waals surface area contributed by atoms with Gasteiger partial charge in [-0.3, -0.25) is 24.7 Å². The molecule has 3 aliphatic heterocycles. The lowest BCUT2D eigenvalue weighted by Gasteiger charge is -2.58. The van der Waals surface area contributed by atoms with Gasteiger partial charge in [0.25, 0.3) is 21.6 Å². The summed E-state index contributed by atoms with van der Waals surface area (Å²) in [5.74, 6) is 1.27. The molecule has 0 bridgehead atoms. The Balaban J connectivity index is 0.780. The first-order valence-electron chi connectivity index (χ1n) is 27.2. The lowest BCUT2D eigenvalue weighted by atomic mass is 9.59. The molecule has 4 N–H and O–H groups in total. The Morgan fingerprint density at radius 2 is 1.78 bits per heavy atom. The van der Waals surface area contributed by atoms with Gasteiger partial charge in [0, 0.05) is 92.9 Å². The summed E-state index contributed by atoms with van der Waals surface area (Å²) in [6.45, 7) is 13.1. The molecule has 1 spiro atoms. The number of carbonyl (C=O) groups is 1. The van der Waals surface area contributed by atoms with Gasteiger partial charge in [-0.15, -0.1) is 0 Å². The molecule has 11 rings (SSSR count). The fourth-order valence-corrected chi connectivity index (χ4v) is 13.7. The van der Waals surface area contributed by atoms with E-state index in [1.807, 2.05) is 19.1 Å². The van der Waals surface area contributed by atoms with Crippen molar-refractivity contribution in [1.82, 2.24) is 24.5 Å². The predicted molar refractivity (Wildman–Crippen MR) is 294 cm³/mol. The molecule has 1 unspecified atom stereocenters. The summed E-state index contributed by atoms with van der Waals surface area (Å²) < 4.78 is 42.6. The maximum Gasteiger partial charge on any atom is 0.293 e. The molecule has 5 heterocycles. The summed E-state index contributed by atoms with van der Waals surface area (Å²) in [5, 5.41) is 26.5. The van der Waals surface area contributed by atoms with Gasteiger partial charge < -0.3 is 29.8 Å². The van der Waals surface area contributed by atoms with E-state index in [1.165, 1.54) is 34.4 Å². The van der Waals surface area contributed by atoms with Crippen LogP contribution in [0.3, 0.4) is 0 Å². The molecule has 0 radical (unpaired) electrons. The maximum absolute atomic E-state index is 14.1. The minimum atomic E-state index is -4.59. The van der Waals surface area contributed by atoms with Crippen LogP contribution in [0, 0.1) is 21.4 Å². The number of hydrogen-bond acceptors (Lipinski definition) is 13. The number of anilines is 2. The van der Waals surface area contributed by atoms with Crippen LogP contribution in [0.4, 0.5) is 17.1 Å². The van der Waals surface area contributed by atoms with E-state index in [9.17, 15) is 28.4 Å². The highest BCUT2D eigenvalue weighted by molar-refractivity contribution is 7.90. The van der Waals surface area contributed by atoms with Gasteiger partial charge in [0.1, 0.15) is 28.6 Å². The zero-order valence-corrected chi connectivity index (χ0v) is 44.6. The number of benzene rings is 4. The number of aliphatic hydroxyl groups is 1. The van der Waals surface area contributed by atoms with Crippen LogP contribution < -0.4 is 24.4 Å². The molecule has 4 aromatic carbocycles. The fraction of sp³-hybridized carbons (Fsp3) is 0.458. The van der Waals surface area contributed by atoms with Gasteiger partial charge in [0.2, 0.25) is 0 Å². The number of piperidine rings is 1. The third-order valence-electron chi connectivity index (χ3n) is 17.2. The van der Waals surface area contributed by atoms with Crippen molar-refractivity contribution in [2.24, 2.45) is 11.3 Å². The largest absolute Gasteiger partial charge is 0.493 e. The number of aromatic amines is 1. The highest BCUT2D eigenvalue weighted by atomic mass is 32.2. The number of pyridine rings is 1. The molecule has 1 amide bonds. The number of amides is 1. The van der Waals surface area contributed by atoms with E-state index < -0.39 is 37.0 Å². The summed E-state index contributed by atoms with van der Waals surface area (Å²) in [7, 11) is -4.59. The smallest absolute Gasteiger partial charge is 0.293 e. The van der Waals surface area contributed by atoms with Crippen LogP contribution in [-0.2, 0) is 23.0 Å². The number of para-hydroxylation sites is 1. The van der Waals surface area contributed by atoms with E-state index in [-0.39, 0.29) is 34.4 Å². The Bertz CT molecular complexity index is 3220. The molecule has 2 aliphatic carbocycles. The Labute approximate surface area is 445 Å². The van der Waals surface area contributed by atoms with Gasteiger partial charge in [-0.25, -0.2) is 18.1 Å². The maximum atomic E-state index is 14.1. The van der Waals surface area contributed by atoms with Crippen LogP contribution >= 0.6 is 0 Å². The number of hydrogen-bond donors (Lipinski definition) is 4. The van der Waals surface area contributed by atoms with E-state index in [0.29, 0.717) is 42.7 Å². The van der Waals surface area contributed by atoms with Gasteiger partial charge in [-0.05, 0) is 141 Å². The van der Waals surface area contributed by atoms with E-state index >= 15 is 0 Å². The molecule has 1 atom stereocenters. The number of H-pyrrole nitrogens is 1. The number of piperazine rings is 1. The van der Waals surface area contributed by atoms with Crippen molar-refractivity contribution < 1.29 is 32.7 Å². The van der Waals surface area contributed by atoms with Crippen LogP contribution in [0.5, 0.6) is 17.2 Å². The molecule has 2 aromatic heterocycles. The molecule has 6 aromatic rings. The van der Waals surface area contributed by atoms with E-state index in [0.717, 1.165) is 120 Å². The molecular formula is C59H70N8O8S. The monoisotopic (exact) mass is 1050 g/mol. The lowest BCUT2D eigenvalue weighted by molar-refractivity contribution is -0.384. The topological polar surface area (TPSA) is 195 Å². The molecule has 2 saturated heterocycles. The zero-order valence-electron chi connectivity index (χ0n) is 43.8. The second-order valence-electron chi connectivity index (χ2n) is 22.7. The number of sulfonamides is 1.